The minimum atomic E-state index is -0.185. The summed E-state index contributed by atoms with van der Waals surface area (Å²) in [6, 6.07) is 8.52. The molecule has 4 nitrogen and oxygen atoms in total. The molecule has 5 heteroatoms. The highest BCUT2D eigenvalue weighted by Gasteiger charge is 2.29. The second kappa shape index (κ2) is 6.23. The molecule has 23 heavy (non-hydrogen) atoms. The number of hydrogen-bond donors (Lipinski definition) is 3. The number of benzene rings is 1. The minimum absolute atomic E-state index is 0.104. The lowest BCUT2D eigenvalue weighted by molar-refractivity contribution is -0.124. The molecule has 1 saturated carbocycles. The molecule has 122 valence electrons. The van der Waals surface area contributed by atoms with Gasteiger partial charge in [0.25, 0.3) is 0 Å². The SMILES string of the molecule is O=C(NC1CCC(O)CC1)[C@H]1Cc2c(sc3ccccc23)CN1. The quantitative estimate of drug-likeness (QED) is 0.792. The van der Waals surface area contributed by atoms with E-state index in [0.29, 0.717) is 0 Å². The molecule has 3 N–H and O–H groups in total. The maximum atomic E-state index is 12.6. The lowest BCUT2D eigenvalue weighted by atomic mass is 9.92. The van der Waals surface area contributed by atoms with Crippen LogP contribution in [-0.2, 0) is 17.8 Å². The summed E-state index contributed by atoms with van der Waals surface area (Å²) in [5.74, 6) is 0.104. The summed E-state index contributed by atoms with van der Waals surface area (Å²) in [4.78, 5) is 13.9. The fourth-order valence-electron chi connectivity index (χ4n) is 3.72. The number of carbonyl (C=O) groups excluding carboxylic acids is 1. The number of rotatable bonds is 2. The third kappa shape index (κ3) is 3.01. The molecule has 2 aliphatic rings. The molecule has 0 saturated heterocycles. The molecule has 0 radical (unpaired) electrons. The van der Waals surface area contributed by atoms with Crippen LogP contribution in [0.25, 0.3) is 10.1 Å². The van der Waals surface area contributed by atoms with Gasteiger partial charge in [0.1, 0.15) is 0 Å². The van der Waals surface area contributed by atoms with E-state index in [1.165, 1.54) is 20.5 Å². The Bertz CT molecular complexity index is 719. The molecular formula is C18H22N2O2S. The molecular weight excluding hydrogens is 308 g/mol. The highest BCUT2D eigenvalue weighted by molar-refractivity contribution is 7.19. The van der Waals surface area contributed by atoms with Gasteiger partial charge in [0, 0.05) is 22.2 Å². The summed E-state index contributed by atoms with van der Waals surface area (Å²) >= 11 is 1.83. The summed E-state index contributed by atoms with van der Waals surface area (Å²) in [6.07, 6.45) is 3.93. The molecule has 2 heterocycles. The Morgan fingerprint density at radius 1 is 1.22 bits per heavy atom. The Labute approximate surface area is 139 Å². The average Bonchev–Trinajstić information content (AvgIpc) is 2.94. The van der Waals surface area contributed by atoms with Gasteiger partial charge in [-0.15, -0.1) is 11.3 Å². The molecule has 1 aromatic carbocycles. The molecule has 4 rings (SSSR count). The summed E-state index contributed by atoms with van der Waals surface area (Å²) in [6.45, 7) is 0.774. The van der Waals surface area contributed by atoms with Gasteiger partial charge in [-0.2, -0.15) is 0 Å². The zero-order chi connectivity index (χ0) is 15.8. The second-order valence-electron chi connectivity index (χ2n) is 6.65. The number of amides is 1. The first-order valence-corrected chi connectivity index (χ1v) is 9.23. The molecule has 1 fully saturated rings. The first kappa shape index (κ1) is 15.1. The normalized spacial score (nSPS) is 27.6. The van der Waals surface area contributed by atoms with Crippen molar-refractivity contribution in [2.24, 2.45) is 0 Å². The summed E-state index contributed by atoms with van der Waals surface area (Å²) < 4.78 is 1.31. The Hall–Kier alpha value is -1.43. The third-order valence-electron chi connectivity index (χ3n) is 5.06. The molecule has 1 amide bonds. The van der Waals surface area contributed by atoms with E-state index in [4.69, 9.17) is 0 Å². The topological polar surface area (TPSA) is 61.4 Å². The maximum absolute atomic E-state index is 12.6. The van der Waals surface area contributed by atoms with Crippen molar-refractivity contribution in [2.45, 2.75) is 56.8 Å². The van der Waals surface area contributed by atoms with E-state index in [1.807, 2.05) is 11.3 Å². The van der Waals surface area contributed by atoms with E-state index in [-0.39, 0.29) is 24.1 Å². The zero-order valence-electron chi connectivity index (χ0n) is 13.0. The first-order chi connectivity index (χ1) is 11.2. The fraction of sp³-hybridized carbons (Fsp3) is 0.500. The number of nitrogens with one attached hydrogen (secondary N) is 2. The number of aliphatic hydroxyl groups excluding tert-OH is 1. The molecule has 0 unspecified atom stereocenters. The highest BCUT2D eigenvalue weighted by Crippen LogP contribution is 2.34. The van der Waals surface area contributed by atoms with Gasteiger partial charge in [-0.3, -0.25) is 4.79 Å². The summed E-state index contributed by atoms with van der Waals surface area (Å²) in [5.41, 5.74) is 1.34. The second-order valence-corrected chi connectivity index (χ2v) is 7.79. The third-order valence-corrected chi connectivity index (χ3v) is 6.27. The van der Waals surface area contributed by atoms with Gasteiger partial charge in [0.05, 0.1) is 12.1 Å². The fourth-order valence-corrected chi connectivity index (χ4v) is 4.90. The van der Waals surface area contributed by atoms with Crippen molar-refractivity contribution < 1.29 is 9.90 Å². The van der Waals surface area contributed by atoms with Crippen LogP contribution in [0.5, 0.6) is 0 Å². The van der Waals surface area contributed by atoms with Crippen LogP contribution in [0.4, 0.5) is 0 Å². The van der Waals surface area contributed by atoms with Crippen LogP contribution in [0.2, 0.25) is 0 Å². The van der Waals surface area contributed by atoms with E-state index in [9.17, 15) is 9.90 Å². The monoisotopic (exact) mass is 330 g/mol. The van der Waals surface area contributed by atoms with Gasteiger partial charge in [-0.25, -0.2) is 0 Å². The summed E-state index contributed by atoms with van der Waals surface area (Å²) in [5, 5.41) is 17.4. The van der Waals surface area contributed by atoms with E-state index in [0.717, 1.165) is 38.6 Å². The smallest absolute Gasteiger partial charge is 0.237 e. The molecule has 1 aromatic heterocycles. The van der Waals surface area contributed by atoms with Crippen molar-refractivity contribution in [1.82, 2.24) is 10.6 Å². The predicted molar refractivity (Wildman–Crippen MR) is 92.6 cm³/mol. The number of thiophene rings is 1. The van der Waals surface area contributed by atoms with Gasteiger partial charge < -0.3 is 15.7 Å². The minimum Gasteiger partial charge on any atom is -0.393 e. The maximum Gasteiger partial charge on any atom is 0.237 e. The Morgan fingerprint density at radius 3 is 2.83 bits per heavy atom. The van der Waals surface area contributed by atoms with E-state index in [1.54, 1.807) is 0 Å². The molecule has 1 atom stereocenters. The van der Waals surface area contributed by atoms with Crippen molar-refractivity contribution in [3.63, 3.8) is 0 Å². The van der Waals surface area contributed by atoms with Crippen LogP contribution in [0.15, 0.2) is 24.3 Å². The Morgan fingerprint density at radius 2 is 2.00 bits per heavy atom. The molecule has 0 bridgehead atoms. The highest BCUT2D eigenvalue weighted by atomic mass is 32.1. The van der Waals surface area contributed by atoms with Gasteiger partial charge in [-0.05, 0) is 49.1 Å². The van der Waals surface area contributed by atoms with Crippen LogP contribution >= 0.6 is 11.3 Å². The molecule has 2 aromatic rings. The average molecular weight is 330 g/mol. The van der Waals surface area contributed by atoms with E-state index in [2.05, 4.69) is 34.9 Å². The lowest BCUT2D eigenvalue weighted by Gasteiger charge is -2.29. The van der Waals surface area contributed by atoms with Gasteiger partial charge in [-0.1, -0.05) is 18.2 Å². The molecule has 1 aliphatic heterocycles. The molecule has 1 aliphatic carbocycles. The van der Waals surface area contributed by atoms with Gasteiger partial charge in [0.2, 0.25) is 5.91 Å². The Kier molecular flexibility index (Phi) is 4.09. The number of hydrogen-bond acceptors (Lipinski definition) is 4. The van der Waals surface area contributed by atoms with Crippen molar-refractivity contribution in [3.05, 3.63) is 34.7 Å². The zero-order valence-corrected chi connectivity index (χ0v) is 13.9. The predicted octanol–water partition coefficient (Wildman–Crippen LogP) is 2.34. The standard InChI is InChI=1S/C18H22N2O2S/c21-12-7-5-11(6-8-12)20-18(22)15-9-14-13-3-1-2-4-16(13)23-17(14)10-19-15/h1-4,11-12,15,19,21H,5-10H2,(H,20,22)/t11?,12?,15-/m1/s1. The van der Waals surface area contributed by atoms with Gasteiger partial charge in [0.15, 0.2) is 0 Å². The first-order valence-electron chi connectivity index (χ1n) is 8.42. The van der Waals surface area contributed by atoms with Crippen LogP contribution < -0.4 is 10.6 Å². The van der Waals surface area contributed by atoms with Crippen molar-refractivity contribution >= 4 is 27.3 Å². The largest absolute Gasteiger partial charge is 0.393 e. The van der Waals surface area contributed by atoms with Gasteiger partial charge >= 0.3 is 0 Å². The van der Waals surface area contributed by atoms with Crippen LogP contribution in [-0.4, -0.2) is 29.2 Å². The summed E-state index contributed by atoms with van der Waals surface area (Å²) in [7, 11) is 0. The lowest BCUT2D eigenvalue weighted by Crippen LogP contribution is -2.51. The number of carbonyl (C=O) groups is 1. The van der Waals surface area contributed by atoms with Crippen molar-refractivity contribution in [1.29, 1.82) is 0 Å². The van der Waals surface area contributed by atoms with Crippen molar-refractivity contribution in [2.75, 3.05) is 0 Å². The molecule has 0 spiro atoms. The van der Waals surface area contributed by atoms with Crippen LogP contribution in [0.3, 0.4) is 0 Å². The number of fused-ring (bicyclic) bond motifs is 3. The van der Waals surface area contributed by atoms with E-state index >= 15 is 0 Å². The van der Waals surface area contributed by atoms with Crippen molar-refractivity contribution in [3.8, 4) is 0 Å². The Balaban J connectivity index is 1.46. The van der Waals surface area contributed by atoms with E-state index < -0.39 is 0 Å². The van der Waals surface area contributed by atoms with Crippen LogP contribution in [0, 0.1) is 0 Å². The van der Waals surface area contributed by atoms with Crippen LogP contribution in [0.1, 0.15) is 36.1 Å². The number of aliphatic hydroxyl groups is 1.